The van der Waals surface area contributed by atoms with E-state index in [4.69, 9.17) is 14.2 Å². The summed E-state index contributed by atoms with van der Waals surface area (Å²) < 4.78 is 16.4. The average Bonchev–Trinajstić information content (AvgIpc) is 2.78. The number of nitrogens with one attached hydrogen (secondary N) is 1. The van der Waals surface area contributed by atoms with Crippen molar-refractivity contribution in [2.45, 2.75) is 13.0 Å². The van der Waals surface area contributed by atoms with Crippen LogP contribution in [0.4, 0.5) is 16.2 Å². The van der Waals surface area contributed by atoms with Gasteiger partial charge in [-0.3, -0.25) is 4.90 Å². The average molecular weight is 404 g/mol. The molecule has 0 bridgehead atoms. The molecule has 6 heteroatoms. The number of rotatable bonds is 5. The quantitative estimate of drug-likeness (QED) is 0.638. The van der Waals surface area contributed by atoms with Crippen LogP contribution in [0, 0.1) is 6.92 Å². The monoisotopic (exact) mass is 404 g/mol. The molecule has 1 aliphatic heterocycles. The molecule has 2 amide bonds. The summed E-state index contributed by atoms with van der Waals surface area (Å²) in [4.78, 5) is 15.0. The minimum absolute atomic E-state index is 0.220. The van der Waals surface area contributed by atoms with Gasteiger partial charge in [-0.05, 0) is 36.8 Å². The van der Waals surface area contributed by atoms with E-state index in [1.54, 1.807) is 26.2 Å². The number of benzene rings is 3. The number of aryl methyl sites for hydroxylation is 1. The number of methoxy groups -OCH3 is 3. The molecule has 3 aromatic rings. The van der Waals surface area contributed by atoms with Crippen LogP contribution in [0.5, 0.6) is 17.2 Å². The fraction of sp³-hybridized carbons (Fsp3) is 0.208. The van der Waals surface area contributed by atoms with Gasteiger partial charge in [-0.25, -0.2) is 4.79 Å². The lowest BCUT2D eigenvalue weighted by molar-refractivity contribution is 0.254. The number of hydrogen-bond donors (Lipinski definition) is 1. The van der Waals surface area contributed by atoms with Crippen LogP contribution in [0.3, 0.4) is 0 Å². The molecule has 4 rings (SSSR count). The van der Waals surface area contributed by atoms with Crippen molar-refractivity contribution >= 4 is 17.4 Å². The van der Waals surface area contributed by atoms with E-state index in [-0.39, 0.29) is 12.1 Å². The Hall–Kier alpha value is -3.67. The van der Waals surface area contributed by atoms with Crippen LogP contribution in [0.2, 0.25) is 0 Å². The molecule has 1 heterocycles. The minimum atomic E-state index is -0.386. The van der Waals surface area contributed by atoms with Crippen molar-refractivity contribution in [2.75, 3.05) is 31.5 Å². The molecule has 6 nitrogen and oxygen atoms in total. The highest BCUT2D eigenvalue weighted by Gasteiger charge is 2.37. The van der Waals surface area contributed by atoms with Gasteiger partial charge in [0.2, 0.25) is 0 Å². The third-order valence-corrected chi connectivity index (χ3v) is 5.31. The SMILES string of the molecule is COc1ccc([C@@H]2c3c(cc(OC)cc3OC)NC(=O)N2c2ccc(C)cc2)cc1. The molecule has 0 fully saturated rings. The molecule has 0 spiro atoms. The molecule has 0 saturated carbocycles. The predicted molar refractivity (Wildman–Crippen MR) is 117 cm³/mol. The van der Waals surface area contributed by atoms with Gasteiger partial charge >= 0.3 is 6.03 Å². The van der Waals surface area contributed by atoms with Crippen molar-refractivity contribution in [1.29, 1.82) is 0 Å². The van der Waals surface area contributed by atoms with Gasteiger partial charge in [0.25, 0.3) is 0 Å². The van der Waals surface area contributed by atoms with Crippen molar-refractivity contribution in [3.05, 3.63) is 77.4 Å². The highest BCUT2D eigenvalue weighted by Crippen LogP contribution is 2.46. The number of urea groups is 1. The molecule has 1 N–H and O–H groups in total. The standard InChI is InChI=1S/C24H24N2O4/c1-15-5-9-17(10-6-15)26-23(16-7-11-18(28-2)12-8-16)22-20(25-24(26)27)13-19(29-3)14-21(22)30-4/h5-14,23H,1-4H3,(H,25,27)/t23-/m1/s1. The summed E-state index contributed by atoms with van der Waals surface area (Å²) in [5, 5.41) is 3.00. The predicted octanol–water partition coefficient (Wildman–Crippen LogP) is 5.16. The summed E-state index contributed by atoms with van der Waals surface area (Å²) in [5.74, 6) is 2.01. The van der Waals surface area contributed by atoms with Crippen molar-refractivity contribution in [3.63, 3.8) is 0 Å². The van der Waals surface area contributed by atoms with Gasteiger partial charge in [0.15, 0.2) is 0 Å². The lowest BCUT2D eigenvalue weighted by atomic mass is 9.92. The van der Waals surface area contributed by atoms with Crippen molar-refractivity contribution in [2.24, 2.45) is 0 Å². The molecular weight excluding hydrogens is 380 g/mol. The molecule has 0 unspecified atom stereocenters. The van der Waals surface area contributed by atoms with Gasteiger partial charge in [0.1, 0.15) is 17.2 Å². The van der Waals surface area contributed by atoms with E-state index in [1.807, 2.05) is 67.6 Å². The number of fused-ring (bicyclic) bond motifs is 1. The van der Waals surface area contributed by atoms with E-state index in [2.05, 4.69) is 5.32 Å². The van der Waals surface area contributed by atoms with Crippen LogP contribution >= 0.6 is 0 Å². The summed E-state index contributed by atoms with van der Waals surface area (Å²) in [6.45, 7) is 2.02. The van der Waals surface area contributed by atoms with Gasteiger partial charge in [-0.15, -0.1) is 0 Å². The Balaban J connectivity index is 1.94. The fourth-order valence-electron chi connectivity index (χ4n) is 3.77. The zero-order valence-electron chi connectivity index (χ0n) is 17.4. The second-order valence-corrected chi connectivity index (χ2v) is 7.10. The van der Waals surface area contributed by atoms with Crippen LogP contribution in [-0.4, -0.2) is 27.4 Å². The highest BCUT2D eigenvalue weighted by molar-refractivity contribution is 6.06. The maximum Gasteiger partial charge on any atom is 0.327 e. The first-order chi connectivity index (χ1) is 14.5. The number of nitrogens with zero attached hydrogens (tertiary/aromatic N) is 1. The van der Waals surface area contributed by atoms with Gasteiger partial charge in [0, 0.05) is 23.4 Å². The second kappa shape index (κ2) is 7.99. The Morgan fingerprint density at radius 3 is 2.10 bits per heavy atom. The molecule has 0 aliphatic carbocycles. The zero-order valence-corrected chi connectivity index (χ0v) is 17.4. The minimum Gasteiger partial charge on any atom is -0.497 e. The molecule has 0 saturated heterocycles. The molecular formula is C24H24N2O4. The maximum absolute atomic E-state index is 13.3. The lowest BCUT2D eigenvalue weighted by Gasteiger charge is -2.38. The van der Waals surface area contributed by atoms with Crippen LogP contribution in [0.25, 0.3) is 0 Å². The van der Waals surface area contributed by atoms with Crippen LogP contribution in [-0.2, 0) is 0 Å². The number of carbonyl (C=O) groups is 1. The first kappa shape index (κ1) is 19.6. The molecule has 1 atom stereocenters. The van der Waals surface area contributed by atoms with Crippen molar-refractivity contribution < 1.29 is 19.0 Å². The second-order valence-electron chi connectivity index (χ2n) is 7.10. The summed E-state index contributed by atoms with van der Waals surface area (Å²) in [7, 11) is 4.84. The Morgan fingerprint density at radius 1 is 0.833 bits per heavy atom. The zero-order chi connectivity index (χ0) is 21.3. The van der Waals surface area contributed by atoms with Gasteiger partial charge in [0.05, 0.1) is 33.1 Å². The largest absolute Gasteiger partial charge is 0.497 e. The van der Waals surface area contributed by atoms with E-state index >= 15 is 0 Å². The number of anilines is 2. The summed E-state index contributed by atoms with van der Waals surface area (Å²) >= 11 is 0. The van der Waals surface area contributed by atoms with Crippen molar-refractivity contribution in [1.82, 2.24) is 0 Å². The third kappa shape index (κ3) is 3.41. The normalized spacial score (nSPS) is 15.3. The first-order valence-electron chi connectivity index (χ1n) is 9.62. The van der Waals surface area contributed by atoms with E-state index in [0.717, 1.165) is 28.1 Å². The molecule has 30 heavy (non-hydrogen) atoms. The van der Waals surface area contributed by atoms with Gasteiger partial charge < -0.3 is 19.5 Å². The molecule has 0 aromatic heterocycles. The summed E-state index contributed by atoms with van der Waals surface area (Å²) in [6.07, 6.45) is 0. The number of hydrogen-bond acceptors (Lipinski definition) is 4. The van der Waals surface area contributed by atoms with E-state index in [9.17, 15) is 4.79 Å². The summed E-state index contributed by atoms with van der Waals surface area (Å²) in [6, 6.07) is 18.7. The molecule has 154 valence electrons. The Bertz CT molecular complexity index is 1060. The topological polar surface area (TPSA) is 60.0 Å². The van der Waals surface area contributed by atoms with Gasteiger partial charge in [-0.2, -0.15) is 0 Å². The molecule has 1 aliphatic rings. The van der Waals surface area contributed by atoms with Crippen LogP contribution in [0.1, 0.15) is 22.7 Å². The molecule has 0 radical (unpaired) electrons. The van der Waals surface area contributed by atoms with E-state index < -0.39 is 0 Å². The van der Waals surface area contributed by atoms with E-state index in [1.165, 1.54) is 0 Å². The Morgan fingerprint density at radius 2 is 1.50 bits per heavy atom. The summed E-state index contributed by atoms with van der Waals surface area (Å²) in [5.41, 5.74) is 4.39. The lowest BCUT2D eigenvalue weighted by Crippen LogP contribution is -2.43. The van der Waals surface area contributed by atoms with Gasteiger partial charge in [-0.1, -0.05) is 29.8 Å². The van der Waals surface area contributed by atoms with Crippen LogP contribution < -0.4 is 24.4 Å². The van der Waals surface area contributed by atoms with Crippen molar-refractivity contribution in [3.8, 4) is 17.2 Å². The highest BCUT2D eigenvalue weighted by atomic mass is 16.5. The smallest absolute Gasteiger partial charge is 0.327 e. The molecule has 3 aromatic carbocycles. The number of carbonyl (C=O) groups excluding carboxylic acids is 1. The maximum atomic E-state index is 13.3. The fourth-order valence-corrected chi connectivity index (χ4v) is 3.77. The Kier molecular flexibility index (Phi) is 5.23. The Labute approximate surface area is 176 Å². The van der Waals surface area contributed by atoms with E-state index in [0.29, 0.717) is 17.2 Å². The number of ether oxygens (including phenoxy) is 3. The number of amides is 2. The first-order valence-corrected chi connectivity index (χ1v) is 9.62. The third-order valence-electron chi connectivity index (χ3n) is 5.31. The van der Waals surface area contributed by atoms with Crippen LogP contribution in [0.15, 0.2) is 60.7 Å².